The van der Waals surface area contributed by atoms with E-state index in [4.69, 9.17) is 9.97 Å². The highest BCUT2D eigenvalue weighted by Crippen LogP contribution is 2.31. The van der Waals surface area contributed by atoms with E-state index in [0.717, 1.165) is 50.0 Å². The first-order valence-corrected chi connectivity index (χ1v) is 10.4. The summed E-state index contributed by atoms with van der Waals surface area (Å²) in [6, 6.07) is 14.0. The summed E-state index contributed by atoms with van der Waals surface area (Å²) in [5.74, 6) is 0.673. The second kappa shape index (κ2) is 8.07. The van der Waals surface area contributed by atoms with Gasteiger partial charge in [0, 0.05) is 23.5 Å². The van der Waals surface area contributed by atoms with E-state index in [9.17, 15) is 0 Å². The maximum atomic E-state index is 4.91. The first kappa shape index (κ1) is 19.6. The second-order valence-electron chi connectivity index (χ2n) is 7.53. The molecule has 0 aliphatic carbocycles. The predicted octanol–water partition coefficient (Wildman–Crippen LogP) is 6.10. The quantitative estimate of drug-likeness (QED) is 0.338. The van der Waals surface area contributed by atoms with Gasteiger partial charge in [0.15, 0.2) is 11.5 Å². The third-order valence-corrected chi connectivity index (χ3v) is 5.43. The lowest BCUT2D eigenvalue weighted by atomic mass is 10.1. The van der Waals surface area contributed by atoms with Gasteiger partial charge in [-0.05, 0) is 43.7 Å². The highest BCUT2D eigenvalue weighted by Gasteiger charge is 2.17. The van der Waals surface area contributed by atoms with Crippen LogP contribution < -0.4 is 0 Å². The zero-order valence-corrected chi connectivity index (χ0v) is 17.9. The number of aromatic nitrogens is 6. The van der Waals surface area contributed by atoms with Crippen molar-refractivity contribution in [2.75, 3.05) is 0 Å². The summed E-state index contributed by atoms with van der Waals surface area (Å²) < 4.78 is 0. The Morgan fingerprint density at radius 1 is 1.00 bits per heavy atom. The van der Waals surface area contributed by atoms with Crippen LogP contribution in [0.5, 0.6) is 0 Å². The van der Waals surface area contributed by atoms with Gasteiger partial charge in [0.25, 0.3) is 0 Å². The number of benzene rings is 1. The van der Waals surface area contributed by atoms with Crippen LogP contribution in [-0.2, 0) is 0 Å². The van der Waals surface area contributed by atoms with Crippen LogP contribution in [0.3, 0.4) is 0 Å². The Hall–Kier alpha value is -4.32. The molecule has 0 saturated heterocycles. The largest absolute Gasteiger partial charge is 0.336 e. The first-order valence-electron chi connectivity index (χ1n) is 10.4. The zero-order valence-electron chi connectivity index (χ0n) is 17.9. The lowest BCUT2D eigenvalue weighted by Crippen LogP contribution is -1.90. The highest BCUT2D eigenvalue weighted by molar-refractivity contribution is 5.96. The van der Waals surface area contributed by atoms with E-state index in [2.05, 4.69) is 38.9 Å². The number of aromatic amines is 2. The molecule has 0 fully saturated rings. The van der Waals surface area contributed by atoms with Crippen molar-refractivity contribution in [3.8, 4) is 22.6 Å². The van der Waals surface area contributed by atoms with Crippen LogP contribution in [0.25, 0.3) is 50.3 Å². The molecule has 0 unspecified atom stereocenters. The van der Waals surface area contributed by atoms with Gasteiger partial charge in [-0.15, -0.1) is 0 Å². The zero-order chi connectivity index (χ0) is 22.1. The molecule has 0 spiro atoms. The maximum Gasteiger partial charge on any atom is 0.161 e. The molecule has 0 aliphatic heterocycles. The van der Waals surface area contributed by atoms with Gasteiger partial charge in [-0.3, -0.25) is 10.1 Å². The molecule has 5 rings (SSSR count). The molecule has 156 valence electrons. The smallest absolute Gasteiger partial charge is 0.161 e. The van der Waals surface area contributed by atoms with Crippen LogP contribution in [0.1, 0.15) is 19.5 Å². The number of pyridine rings is 2. The molecule has 0 radical (unpaired) electrons. The minimum Gasteiger partial charge on any atom is -0.336 e. The molecular formula is C26H22N6. The third-order valence-electron chi connectivity index (χ3n) is 5.43. The molecule has 1 aromatic carbocycles. The summed E-state index contributed by atoms with van der Waals surface area (Å²) in [5, 5.41) is 7.60. The Morgan fingerprint density at radius 2 is 1.91 bits per heavy atom. The van der Waals surface area contributed by atoms with Crippen LogP contribution in [0.2, 0.25) is 0 Å². The summed E-state index contributed by atoms with van der Waals surface area (Å²) >= 11 is 0. The SMILES string of the molecule is C=C/C(C)=C\C(=C/C)c1ccc2[nH]nc(-c3nc4c(-c5cccnc5)cccc4[nH]3)c2n1. The van der Waals surface area contributed by atoms with Crippen LogP contribution in [-0.4, -0.2) is 30.1 Å². The number of fused-ring (bicyclic) bond motifs is 2. The van der Waals surface area contributed by atoms with Crippen molar-refractivity contribution in [1.29, 1.82) is 0 Å². The number of nitrogens with one attached hydrogen (secondary N) is 2. The summed E-state index contributed by atoms with van der Waals surface area (Å²) in [6.07, 6.45) is 9.56. The number of rotatable bonds is 5. The Balaban J connectivity index is 1.65. The van der Waals surface area contributed by atoms with Crippen molar-refractivity contribution >= 4 is 27.6 Å². The number of H-pyrrole nitrogens is 2. The van der Waals surface area contributed by atoms with Crippen molar-refractivity contribution in [1.82, 2.24) is 30.1 Å². The van der Waals surface area contributed by atoms with E-state index in [1.165, 1.54) is 0 Å². The lowest BCUT2D eigenvalue weighted by Gasteiger charge is -2.03. The molecule has 2 N–H and O–H groups in total. The average Bonchev–Trinajstić information content (AvgIpc) is 3.46. The fraction of sp³-hybridized carbons (Fsp3) is 0.0769. The molecule has 4 aromatic heterocycles. The normalized spacial score (nSPS) is 12.6. The van der Waals surface area contributed by atoms with Gasteiger partial charge in [0.05, 0.1) is 22.2 Å². The molecular weight excluding hydrogens is 396 g/mol. The second-order valence-corrected chi connectivity index (χ2v) is 7.53. The average molecular weight is 419 g/mol. The van der Waals surface area contributed by atoms with Crippen molar-refractivity contribution in [2.24, 2.45) is 0 Å². The van der Waals surface area contributed by atoms with E-state index in [-0.39, 0.29) is 0 Å². The number of imidazole rings is 1. The number of para-hydroxylation sites is 1. The van der Waals surface area contributed by atoms with Gasteiger partial charge in [-0.1, -0.05) is 48.6 Å². The van der Waals surface area contributed by atoms with E-state index < -0.39 is 0 Å². The summed E-state index contributed by atoms with van der Waals surface area (Å²) in [7, 11) is 0. The Morgan fingerprint density at radius 3 is 2.69 bits per heavy atom. The molecule has 5 aromatic rings. The molecule has 0 atom stereocenters. The molecule has 4 heterocycles. The molecule has 32 heavy (non-hydrogen) atoms. The van der Waals surface area contributed by atoms with Crippen molar-refractivity contribution < 1.29 is 0 Å². The first-order chi connectivity index (χ1) is 15.7. The monoisotopic (exact) mass is 418 g/mol. The van der Waals surface area contributed by atoms with E-state index in [1.807, 2.05) is 68.6 Å². The van der Waals surface area contributed by atoms with E-state index in [1.54, 1.807) is 6.20 Å². The topological polar surface area (TPSA) is 83.1 Å². The number of allylic oxidation sites excluding steroid dienone is 5. The van der Waals surface area contributed by atoms with E-state index in [0.29, 0.717) is 11.5 Å². The Labute approximate surface area is 185 Å². The van der Waals surface area contributed by atoms with Crippen LogP contribution in [0, 0.1) is 0 Å². The fourth-order valence-electron chi connectivity index (χ4n) is 3.73. The molecule has 0 bridgehead atoms. The molecule has 0 saturated carbocycles. The fourth-order valence-corrected chi connectivity index (χ4v) is 3.73. The maximum absolute atomic E-state index is 4.91. The third kappa shape index (κ3) is 3.41. The number of nitrogens with zero attached hydrogens (tertiary/aromatic N) is 4. The van der Waals surface area contributed by atoms with Crippen molar-refractivity contribution in [2.45, 2.75) is 13.8 Å². The van der Waals surface area contributed by atoms with Gasteiger partial charge >= 0.3 is 0 Å². The number of hydrogen-bond acceptors (Lipinski definition) is 4. The lowest BCUT2D eigenvalue weighted by molar-refractivity contribution is 1.10. The van der Waals surface area contributed by atoms with Crippen LogP contribution >= 0.6 is 0 Å². The predicted molar refractivity (Wildman–Crippen MR) is 130 cm³/mol. The van der Waals surface area contributed by atoms with Crippen LogP contribution in [0.4, 0.5) is 0 Å². The minimum atomic E-state index is 0.673. The van der Waals surface area contributed by atoms with Gasteiger partial charge < -0.3 is 4.98 Å². The summed E-state index contributed by atoms with van der Waals surface area (Å²) in [4.78, 5) is 17.5. The summed E-state index contributed by atoms with van der Waals surface area (Å²) in [5.41, 5.74) is 9.15. The Kier molecular flexibility index (Phi) is 4.95. The molecule has 0 amide bonds. The minimum absolute atomic E-state index is 0.673. The van der Waals surface area contributed by atoms with Gasteiger partial charge in [0.1, 0.15) is 5.52 Å². The van der Waals surface area contributed by atoms with Crippen molar-refractivity contribution in [3.05, 3.63) is 90.9 Å². The van der Waals surface area contributed by atoms with E-state index >= 15 is 0 Å². The Bertz CT molecular complexity index is 1500. The molecule has 0 aliphatic rings. The van der Waals surface area contributed by atoms with Gasteiger partial charge in [-0.2, -0.15) is 5.10 Å². The standard InChI is InChI=1S/C26H22N6/c1-4-16(3)14-17(5-2)20-11-12-22-24(28-20)25(32-31-22)26-29-21-10-6-9-19(23(21)30-26)18-8-7-13-27-15-18/h4-15H,1H2,2-3H3,(H,29,30)(H,31,32)/b16-14-,17-5+. The molecule has 6 nitrogen and oxygen atoms in total. The van der Waals surface area contributed by atoms with Gasteiger partial charge in [0.2, 0.25) is 0 Å². The molecule has 6 heteroatoms. The van der Waals surface area contributed by atoms with Crippen LogP contribution in [0.15, 0.2) is 85.2 Å². The number of hydrogen-bond donors (Lipinski definition) is 2. The highest BCUT2D eigenvalue weighted by atomic mass is 15.1. The summed E-state index contributed by atoms with van der Waals surface area (Å²) in [6.45, 7) is 7.86. The van der Waals surface area contributed by atoms with Crippen molar-refractivity contribution in [3.63, 3.8) is 0 Å². The van der Waals surface area contributed by atoms with Gasteiger partial charge in [-0.25, -0.2) is 9.97 Å².